The molecule has 0 spiro atoms. The van der Waals surface area contributed by atoms with Gasteiger partial charge in [0.25, 0.3) is 0 Å². The van der Waals surface area contributed by atoms with E-state index in [4.69, 9.17) is 0 Å². The Hall–Kier alpha value is -1.55. The van der Waals surface area contributed by atoms with E-state index in [9.17, 15) is 5.11 Å². The normalized spacial score (nSPS) is 16.5. The highest BCUT2D eigenvalue weighted by Crippen LogP contribution is 2.20. The van der Waals surface area contributed by atoms with Crippen LogP contribution in [0.4, 0.5) is 5.69 Å². The van der Waals surface area contributed by atoms with E-state index in [0.717, 1.165) is 39.1 Å². The predicted molar refractivity (Wildman–Crippen MR) is 103 cm³/mol. The van der Waals surface area contributed by atoms with Crippen molar-refractivity contribution in [2.75, 3.05) is 37.6 Å². The Labute approximate surface area is 151 Å². The average Bonchev–Trinajstić information content (AvgIpc) is 2.57. The number of aliphatic hydroxyl groups excluding tert-OH is 1. The Bertz CT molecular complexity index is 612. The van der Waals surface area contributed by atoms with E-state index in [1.807, 2.05) is 18.2 Å². The van der Waals surface area contributed by atoms with Gasteiger partial charge in [-0.25, -0.2) is 0 Å². The number of anilines is 1. The molecule has 1 heterocycles. The zero-order valence-corrected chi connectivity index (χ0v) is 15.1. The minimum atomic E-state index is -0.289. The minimum absolute atomic E-state index is 0. The van der Waals surface area contributed by atoms with Crippen LogP contribution in [0.15, 0.2) is 54.6 Å². The molecule has 1 atom stereocenters. The molecule has 0 aliphatic carbocycles. The fourth-order valence-electron chi connectivity index (χ4n) is 3.34. The first kappa shape index (κ1) is 18.8. The maximum Gasteiger partial charge on any atom is 0.0707 e. The van der Waals surface area contributed by atoms with Crippen LogP contribution in [0.1, 0.15) is 11.1 Å². The Balaban J connectivity index is 0.00000208. The molecular formula is C20H27ClN2O. The first-order valence-electron chi connectivity index (χ1n) is 8.47. The van der Waals surface area contributed by atoms with Crippen molar-refractivity contribution < 1.29 is 5.11 Å². The lowest BCUT2D eigenvalue weighted by Crippen LogP contribution is -2.49. The fraction of sp³-hybridized carbons (Fsp3) is 0.400. The summed E-state index contributed by atoms with van der Waals surface area (Å²) in [5.41, 5.74) is 3.89. The molecule has 1 unspecified atom stereocenters. The average molecular weight is 347 g/mol. The molecule has 0 aromatic heterocycles. The molecule has 1 N–H and O–H groups in total. The minimum Gasteiger partial charge on any atom is -0.391 e. The van der Waals surface area contributed by atoms with Gasteiger partial charge in [0.05, 0.1) is 6.10 Å². The molecule has 24 heavy (non-hydrogen) atoms. The second kappa shape index (κ2) is 9.07. The molecule has 1 saturated heterocycles. The van der Waals surface area contributed by atoms with Gasteiger partial charge in [-0.3, -0.25) is 4.90 Å². The quantitative estimate of drug-likeness (QED) is 0.901. The Morgan fingerprint density at radius 2 is 1.54 bits per heavy atom. The van der Waals surface area contributed by atoms with Gasteiger partial charge in [0, 0.05) is 38.4 Å². The van der Waals surface area contributed by atoms with Crippen molar-refractivity contribution in [2.24, 2.45) is 0 Å². The predicted octanol–water partition coefficient (Wildman–Crippen LogP) is 3.14. The molecule has 2 aromatic carbocycles. The summed E-state index contributed by atoms with van der Waals surface area (Å²) < 4.78 is 0. The van der Waals surface area contributed by atoms with E-state index in [-0.39, 0.29) is 18.5 Å². The molecule has 1 aliphatic rings. The summed E-state index contributed by atoms with van der Waals surface area (Å²) >= 11 is 0. The standard InChI is InChI=1S/C20H26N2O.ClH/c1-17-7-5-6-10-20(17)22-13-11-21(12-14-22)16-19(23)15-18-8-3-2-4-9-18;/h2-10,19,23H,11-16H2,1H3;1H. The summed E-state index contributed by atoms with van der Waals surface area (Å²) in [4.78, 5) is 4.83. The van der Waals surface area contributed by atoms with Crippen LogP contribution in [-0.2, 0) is 6.42 Å². The highest BCUT2D eigenvalue weighted by Gasteiger charge is 2.20. The van der Waals surface area contributed by atoms with Gasteiger partial charge in [-0.1, -0.05) is 48.5 Å². The number of halogens is 1. The maximum absolute atomic E-state index is 10.3. The van der Waals surface area contributed by atoms with Crippen LogP contribution in [0.3, 0.4) is 0 Å². The Kier molecular flexibility index (Phi) is 7.10. The molecule has 3 rings (SSSR count). The van der Waals surface area contributed by atoms with Crippen LogP contribution in [0.5, 0.6) is 0 Å². The largest absolute Gasteiger partial charge is 0.391 e. The molecule has 3 nitrogen and oxygen atoms in total. The molecule has 0 radical (unpaired) electrons. The third-order valence-corrected chi connectivity index (χ3v) is 4.61. The van der Waals surface area contributed by atoms with Crippen LogP contribution in [-0.4, -0.2) is 48.8 Å². The van der Waals surface area contributed by atoms with E-state index < -0.39 is 0 Å². The van der Waals surface area contributed by atoms with Gasteiger partial charge < -0.3 is 10.0 Å². The number of nitrogens with zero attached hydrogens (tertiary/aromatic N) is 2. The number of β-amino-alcohol motifs (C(OH)–C–C–N with tert-alkyl or cyclic N) is 1. The van der Waals surface area contributed by atoms with Crippen molar-refractivity contribution in [2.45, 2.75) is 19.4 Å². The van der Waals surface area contributed by atoms with Gasteiger partial charge in [0.15, 0.2) is 0 Å². The zero-order valence-electron chi connectivity index (χ0n) is 14.3. The molecule has 0 bridgehead atoms. The van der Waals surface area contributed by atoms with Crippen LogP contribution >= 0.6 is 12.4 Å². The summed E-state index contributed by atoms with van der Waals surface area (Å²) in [6.07, 6.45) is 0.446. The van der Waals surface area contributed by atoms with Crippen molar-refractivity contribution >= 4 is 18.1 Å². The Morgan fingerprint density at radius 3 is 2.21 bits per heavy atom. The second-order valence-electron chi connectivity index (χ2n) is 6.42. The van der Waals surface area contributed by atoms with Crippen LogP contribution in [0.25, 0.3) is 0 Å². The smallest absolute Gasteiger partial charge is 0.0707 e. The van der Waals surface area contributed by atoms with Gasteiger partial charge in [-0.15, -0.1) is 12.4 Å². The molecule has 1 aliphatic heterocycles. The van der Waals surface area contributed by atoms with E-state index >= 15 is 0 Å². The highest BCUT2D eigenvalue weighted by molar-refractivity contribution is 5.85. The molecule has 1 fully saturated rings. The number of hydrogen-bond acceptors (Lipinski definition) is 3. The lowest BCUT2D eigenvalue weighted by molar-refractivity contribution is 0.109. The van der Waals surface area contributed by atoms with Gasteiger partial charge >= 0.3 is 0 Å². The van der Waals surface area contributed by atoms with E-state index in [1.165, 1.54) is 16.8 Å². The number of rotatable bonds is 5. The lowest BCUT2D eigenvalue weighted by Gasteiger charge is -2.37. The third kappa shape index (κ3) is 4.97. The number of benzene rings is 2. The monoisotopic (exact) mass is 346 g/mol. The van der Waals surface area contributed by atoms with Crippen molar-refractivity contribution in [1.29, 1.82) is 0 Å². The highest BCUT2D eigenvalue weighted by atomic mass is 35.5. The van der Waals surface area contributed by atoms with Gasteiger partial charge in [0.1, 0.15) is 0 Å². The summed E-state index contributed by atoms with van der Waals surface area (Å²) in [5, 5.41) is 10.3. The fourth-order valence-corrected chi connectivity index (χ4v) is 3.34. The van der Waals surface area contributed by atoms with Crippen LogP contribution in [0, 0.1) is 6.92 Å². The molecule has 0 amide bonds. The molecule has 0 saturated carbocycles. The topological polar surface area (TPSA) is 26.7 Å². The number of aliphatic hydroxyl groups is 1. The van der Waals surface area contributed by atoms with Crippen molar-refractivity contribution in [1.82, 2.24) is 4.90 Å². The molecule has 130 valence electrons. The van der Waals surface area contributed by atoms with Gasteiger partial charge in [-0.05, 0) is 30.5 Å². The number of para-hydroxylation sites is 1. The summed E-state index contributed by atoms with van der Waals surface area (Å²) in [5.74, 6) is 0. The second-order valence-corrected chi connectivity index (χ2v) is 6.42. The lowest BCUT2D eigenvalue weighted by atomic mass is 10.1. The summed E-state index contributed by atoms with van der Waals surface area (Å²) in [6.45, 7) is 7.02. The van der Waals surface area contributed by atoms with Crippen LogP contribution < -0.4 is 4.90 Å². The summed E-state index contributed by atoms with van der Waals surface area (Å²) in [7, 11) is 0. The number of hydrogen-bond donors (Lipinski definition) is 1. The summed E-state index contributed by atoms with van der Waals surface area (Å²) in [6, 6.07) is 18.8. The number of piperazine rings is 1. The molecular weight excluding hydrogens is 320 g/mol. The number of aryl methyl sites for hydroxylation is 1. The zero-order chi connectivity index (χ0) is 16.1. The first-order valence-corrected chi connectivity index (χ1v) is 8.47. The SMILES string of the molecule is Cc1ccccc1N1CCN(CC(O)Cc2ccccc2)CC1.Cl. The van der Waals surface area contributed by atoms with Gasteiger partial charge in [0.2, 0.25) is 0 Å². The van der Waals surface area contributed by atoms with Gasteiger partial charge in [-0.2, -0.15) is 0 Å². The first-order chi connectivity index (χ1) is 11.2. The maximum atomic E-state index is 10.3. The van der Waals surface area contributed by atoms with Crippen molar-refractivity contribution in [3.05, 3.63) is 65.7 Å². The molecule has 4 heteroatoms. The van der Waals surface area contributed by atoms with E-state index in [0.29, 0.717) is 0 Å². The van der Waals surface area contributed by atoms with Crippen molar-refractivity contribution in [3.8, 4) is 0 Å². The molecule has 2 aromatic rings. The van der Waals surface area contributed by atoms with Crippen molar-refractivity contribution in [3.63, 3.8) is 0 Å². The third-order valence-electron chi connectivity index (χ3n) is 4.61. The van der Waals surface area contributed by atoms with Crippen LogP contribution in [0.2, 0.25) is 0 Å². The van der Waals surface area contributed by atoms with E-state index in [2.05, 4.69) is 53.1 Å². The Morgan fingerprint density at radius 1 is 0.917 bits per heavy atom. The van der Waals surface area contributed by atoms with E-state index in [1.54, 1.807) is 0 Å².